The number of nitrogens with one attached hydrogen (secondary N) is 1. The Morgan fingerprint density at radius 1 is 1.10 bits per heavy atom. The Balaban J connectivity index is 1.73. The molecule has 2 saturated heterocycles. The summed E-state index contributed by atoms with van der Waals surface area (Å²) in [5, 5.41) is 2.98. The van der Waals surface area contributed by atoms with Crippen LogP contribution in [0.4, 0.5) is 4.79 Å². The molecule has 5 nitrogen and oxygen atoms in total. The van der Waals surface area contributed by atoms with Crippen molar-refractivity contribution in [2.24, 2.45) is 0 Å². The molecule has 20 heavy (non-hydrogen) atoms. The molecule has 0 aromatic rings. The predicted molar refractivity (Wildman–Crippen MR) is 81.9 cm³/mol. The zero-order valence-corrected chi connectivity index (χ0v) is 13.3. The molecule has 0 radical (unpaired) electrons. The minimum Gasteiger partial charge on any atom is -0.336 e. The summed E-state index contributed by atoms with van der Waals surface area (Å²) < 4.78 is 0. The Bertz CT molecular complexity index is 305. The summed E-state index contributed by atoms with van der Waals surface area (Å²) in [6.07, 6.45) is 2.57. The standard InChI is InChI=1S/C15H30N4O/c1-4-17-7-5-14(6-8-17)18-9-11-19(12-10-18)15(20)16-13(2)3/h13-14H,4-12H2,1-3H3,(H,16,20). The molecule has 0 spiro atoms. The molecule has 0 aliphatic carbocycles. The van der Waals surface area contributed by atoms with Gasteiger partial charge in [0.1, 0.15) is 0 Å². The molecule has 0 atom stereocenters. The van der Waals surface area contributed by atoms with Crippen molar-refractivity contribution in [3.8, 4) is 0 Å². The lowest BCUT2D eigenvalue weighted by molar-refractivity contribution is 0.0699. The summed E-state index contributed by atoms with van der Waals surface area (Å²) in [6.45, 7) is 13.7. The SMILES string of the molecule is CCN1CCC(N2CCN(C(=O)NC(C)C)CC2)CC1. The van der Waals surface area contributed by atoms with Crippen LogP contribution in [-0.2, 0) is 0 Å². The maximum absolute atomic E-state index is 12.0. The molecule has 2 rings (SSSR count). The number of carbonyl (C=O) groups excluding carboxylic acids is 1. The summed E-state index contributed by atoms with van der Waals surface area (Å²) in [5.74, 6) is 0. The Labute approximate surface area is 123 Å². The molecule has 0 bridgehead atoms. The third kappa shape index (κ3) is 4.09. The van der Waals surface area contributed by atoms with Gasteiger partial charge in [0.25, 0.3) is 0 Å². The van der Waals surface area contributed by atoms with Gasteiger partial charge in [-0.05, 0) is 46.3 Å². The first-order valence-corrected chi connectivity index (χ1v) is 8.12. The molecule has 2 amide bonds. The highest BCUT2D eigenvalue weighted by Gasteiger charge is 2.28. The van der Waals surface area contributed by atoms with Crippen LogP contribution in [0.5, 0.6) is 0 Å². The average Bonchev–Trinajstić information content (AvgIpc) is 2.47. The number of piperazine rings is 1. The van der Waals surface area contributed by atoms with Crippen molar-refractivity contribution in [1.82, 2.24) is 20.0 Å². The lowest BCUT2D eigenvalue weighted by Gasteiger charge is -2.42. The van der Waals surface area contributed by atoms with Crippen molar-refractivity contribution in [2.75, 3.05) is 45.8 Å². The van der Waals surface area contributed by atoms with E-state index in [1.165, 1.54) is 32.5 Å². The first-order chi connectivity index (χ1) is 9.60. The number of carbonyl (C=O) groups is 1. The second kappa shape index (κ2) is 7.27. The monoisotopic (exact) mass is 282 g/mol. The van der Waals surface area contributed by atoms with Crippen molar-refractivity contribution >= 4 is 6.03 Å². The van der Waals surface area contributed by atoms with Gasteiger partial charge in [0.05, 0.1) is 0 Å². The first-order valence-electron chi connectivity index (χ1n) is 8.12. The number of piperidine rings is 1. The quantitative estimate of drug-likeness (QED) is 0.845. The summed E-state index contributed by atoms with van der Waals surface area (Å²) in [6, 6.07) is 1.05. The molecule has 0 aromatic heterocycles. The van der Waals surface area contributed by atoms with Crippen molar-refractivity contribution in [3.05, 3.63) is 0 Å². The minimum absolute atomic E-state index is 0.0976. The van der Waals surface area contributed by atoms with Gasteiger partial charge in [0, 0.05) is 38.3 Å². The van der Waals surface area contributed by atoms with Crippen LogP contribution in [0.1, 0.15) is 33.6 Å². The largest absolute Gasteiger partial charge is 0.336 e. The van der Waals surface area contributed by atoms with Crippen LogP contribution >= 0.6 is 0 Å². The minimum atomic E-state index is 0.0976. The number of rotatable bonds is 3. The normalized spacial score (nSPS) is 23.3. The van der Waals surface area contributed by atoms with E-state index in [1.807, 2.05) is 18.7 Å². The second-order valence-electron chi connectivity index (χ2n) is 6.29. The molecule has 1 N–H and O–H groups in total. The molecule has 116 valence electrons. The van der Waals surface area contributed by atoms with E-state index in [2.05, 4.69) is 22.0 Å². The number of hydrogen-bond donors (Lipinski definition) is 1. The Morgan fingerprint density at radius 2 is 1.70 bits per heavy atom. The summed E-state index contributed by atoms with van der Waals surface area (Å²) in [7, 11) is 0. The number of hydrogen-bond acceptors (Lipinski definition) is 3. The van der Waals surface area contributed by atoms with E-state index in [-0.39, 0.29) is 12.1 Å². The Hall–Kier alpha value is -0.810. The lowest BCUT2D eigenvalue weighted by atomic mass is 10.0. The number of nitrogens with zero attached hydrogens (tertiary/aromatic N) is 3. The van der Waals surface area contributed by atoms with Crippen LogP contribution in [0, 0.1) is 0 Å². The van der Waals surface area contributed by atoms with Crippen LogP contribution < -0.4 is 5.32 Å². The highest BCUT2D eigenvalue weighted by atomic mass is 16.2. The molecule has 5 heteroatoms. The molecular weight excluding hydrogens is 252 g/mol. The van der Waals surface area contributed by atoms with E-state index >= 15 is 0 Å². The van der Waals surface area contributed by atoms with Gasteiger partial charge < -0.3 is 15.1 Å². The van der Waals surface area contributed by atoms with E-state index in [4.69, 9.17) is 0 Å². The van der Waals surface area contributed by atoms with E-state index in [9.17, 15) is 4.79 Å². The van der Waals surface area contributed by atoms with Crippen LogP contribution in [0.2, 0.25) is 0 Å². The fraction of sp³-hybridized carbons (Fsp3) is 0.933. The van der Waals surface area contributed by atoms with Gasteiger partial charge in [0.2, 0.25) is 0 Å². The third-order valence-electron chi connectivity index (χ3n) is 4.53. The molecular formula is C15H30N4O. The highest BCUT2D eigenvalue weighted by molar-refractivity contribution is 5.74. The van der Waals surface area contributed by atoms with Gasteiger partial charge in [-0.3, -0.25) is 4.90 Å². The van der Waals surface area contributed by atoms with E-state index in [1.54, 1.807) is 0 Å². The van der Waals surface area contributed by atoms with Gasteiger partial charge in [-0.15, -0.1) is 0 Å². The van der Waals surface area contributed by atoms with Crippen LogP contribution in [0.15, 0.2) is 0 Å². The average molecular weight is 282 g/mol. The highest BCUT2D eigenvalue weighted by Crippen LogP contribution is 2.18. The van der Waals surface area contributed by atoms with Crippen molar-refractivity contribution in [1.29, 1.82) is 0 Å². The number of likely N-dealkylation sites (tertiary alicyclic amines) is 1. The van der Waals surface area contributed by atoms with Crippen LogP contribution in [-0.4, -0.2) is 78.6 Å². The molecule has 0 unspecified atom stereocenters. The van der Waals surface area contributed by atoms with Gasteiger partial charge in [-0.25, -0.2) is 4.79 Å². The predicted octanol–water partition coefficient (Wildman–Crippen LogP) is 1.21. The fourth-order valence-corrected chi connectivity index (χ4v) is 3.23. The summed E-state index contributed by atoms with van der Waals surface area (Å²) in [4.78, 5) is 19.0. The zero-order valence-electron chi connectivity index (χ0n) is 13.3. The number of amides is 2. The lowest BCUT2D eigenvalue weighted by Crippen LogP contribution is -2.56. The maximum Gasteiger partial charge on any atom is 0.317 e. The smallest absolute Gasteiger partial charge is 0.317 e. The zero-order chi connectivity index (χ0) is 14.5. The number of urea groups is 1. The summed E-state index contributed by atoms with van der Waals surface area (Å²) in [5.41, 5.74) is 0. The van der Waals surface area contributed by atoms with Gasteiger partial charge in [-0.1, -0.05) is 6.92 Å². The topological polar surface area (TPSA) is 38.8 Å². The Morgan fingerprint density at radius 3 is 2.20 bits per heavy atom. The van der Waals surface area contributed by atoms with Crippen LogP contribution in [0.3, 0.4) is 0 Å². The fourth-order valence-electron chi connectivity index (χ4n) is 3.23. The maximum atomic E-state index is 12.0. The van der Waals surface area contributed by atoms with Gasteiger partial charge in [0.15, 0.2) is 0 Å². The molecule has 2 aliphatic heterocycles. The Kier molecular flexibility index (Phi) is 5.66. The van der Waals surface area contributed by atoms with E-state index in [0.29, 0.717) is 0 Å². The van der Waals surface area contributed by atoms with Crippen molar-refractivity contribution in [3.63, 3.8) is 0 Å². The van der Waals surface area contributed by atoms with Gasteiger partial charge in [-0.2, -0.15) is 0 Å². The molecule has 2 fully saturated rings. The molecule has 2 heterocycles. The third-order valence-corrected chi connectivity index (χ3v) is 4.53. The summed E-state index contributed by atoms with van der Waals surface area (Å²) >= 11 is 0. The first kappa shape index (κ1) is 15.6. The van der Waals surface area contributed by atoms with E-state index in [0.717, 1.165) is 32.2 Å². The van der Waals surface area contributed by atoms with Crippen LogP contribution in [0.25, 0.3) is 0 Å². The van der Waals surface area contributed by atoms with E-state index < -0.39 is 0 Å². The molecule has 0 saturated carbocycles. The van der Waals surface area contributed by atoms with Crippen molar-refractivity contribution < 1.29 is 4.79 Å². The molecule has 0 aromatic carbocycles. The molecule has 2 aliphatic rings. The van der Waals surface area contributed by atoms with Crippen molar-refractivity contribution in [2.45, 2.75) is 45.7 Å². The van der Waals surface area contributed by atoms with Gasteiger partial charge >= 0.3 is 6.03 Å². The second-order valence-corrected chi connectivity index (χ2v) is 6.29.